The van der Waals surface area contributed by atoms with E-state index in [-0.39, 0.29) is 12.0 Å². The predicted octanol–water partition coefficient (Wildman–Crippen LogP) is 1.46. The molecule has 2 saturated carbocycles. The van der Waals surface area contributed by atoms with E-state index in [2.05, 4.69) is 0 Å². The zero-order valence-electron chi connectivity index (χ0n) is 8.58. The number of hydrogen-bond acceptors (Lipinski definition) is 3. The lowest BCUT2D eigenvalue weighted by Crippen LogP contribution is -2.38. The molecule has 0 amide bonds. The molecule has 0 unspecified atom stereocenters. The Morgan fingerprint density at radius 1 is 1.29 bits per heavy atom. The van der Waals surface area contributed by atoms with Gasteiger partial charge in [0.2, 0.25) is 0 Å². The molecule has 2 fully saturated rings. The third-order valence-corrected chi connectivity index (χ3v) is 3.34. The van der Waals surface area contributed by atoms with Crippen molar-refractivity contribution in [1.82, 2.24) is 0 Å². The molecule has 0 heterocycles. The molecule has 0 saturated heterocycles. The number of esters is 1. The summed E-state index contributed by atoms with van der Waals surface area (Å²) in [6.45, 7) is 0.596. The molecule has 0 aromatic heterocycles. The number of hydrogen-bond donors (Lipinski definition) is 1. The first-order valence-corrected chi connectivity index (χ1v) is 5.69. The molecular formula is C11H19NO2. The molecule has 0 radical (unpaired) electrons. The van der Waals surface area contributed by atoms with Gasteiger partial charge in [-0.15, -0.1) is 0 Å². The minimum absolute atomic E-state index is 0.177. The highest BCUT2D eigenvalue weighted by Crippen LogP contribution is 2.30. The minimum atomic E-state index is -0.365. The Balaban J connectivity index is 1.71. The number of carbonyl (C=O) groups excluding carboxylic acids is 1. The van der Waals surface area contributed by atoms with Crippen LogP contribution >= 0.6 is 0 Å². The van der Waals surface area contributed by atoms with E-state index in [9.17, 15) is 4.79 Å². The fourth-order valence-corrected chi connectivity index (χ4v) is 2.09. The Morgan fingerprint density at radius 3 is 2.50 bits per heavy atom. The van der Waals surface area contributed by atoms with Gasteiger partial charge < -0.3 is 10.5 Å². The standard InChI is InChI=1S/C11H19NO2/c12-10(9-3-1-2-4-9)11(13)14-7-8-5-6-8/h8-10H,1-7,12H2/t10-/m0/s1. The van der Waals surface area contributed by atoms with Gasteiger partial charge in [-0.2, -0.15) is 0 Å². The van der Waals surface area contributed by atoms with Gasteiger partial charge in [-0.3, -0.25) is 4.79 Å². The largest absolute Gasteiger partial charge is 0.464 e. The molecule has 1 atom stereocenters. The van der Waals surface area contributed by atoms with Crippen molar-refractivity contribution < 1.29 is 9.53 Å². The maximum atomic E-state index is 11.5. The Labute approximate surface area is 85.0 Å². The minimum Gasteiger partial charge on any atom is -0.464 e. The topological polar surface area (TPSA) is 52.3 Å². The van der Waals surface area contributed by atoms with E-state index in [0.717, 1.165) is 12.8 Å². The number of rotatable bonds is 4. The molecule has 0 aromatic carbocycles. The van der Waals surface area contributed by atoms with Crippen LogP contribution in [0.25, 0.3) is 0 Å². The third-order valence-electron chi connectivity index (χ3n) is 3.34. The van der Waals surface area contributed by atoms with Gasteiger partial charge in [0.15, 0.2) is 0 Å². The van der Waals surface area contributed by atoms with Gasteiger partial charge in [-0.05, 0) is 37.5 Å². The molecule has 2 aliphatic rings. The van der Waals surface area contributed by atoms with Crippen LogP contribution in [0.4, 0.5) is 0 Å². The molecule has 0 aromatic rings. The van der Waals surface area contributed by atoms with Gasteiger partial charge in [0.1, 0.15) is 6.04 Å². The SMILES string of the molecule is N[C@H](C(=O)OCC1CC1)C1CCCC1. The quantitative estimate of drug-likeness (QED) is 0.694. The molecule has 0 bridgehead atoms. The van der Waals surface area contributed by atoms with Crippen LogP contribution in [-0.4, -0.2) is 18.6 Å². The van der Waals surface area contributed by atoms with Crippen molar-refractivity contribution in [2.75, 3.05) is 6.61 Å². The van der Waals surface area contributed by atoms with E-state index in [1.54, 1.807) is 0 Å². The fraction of sp³-hybridized carbons (Fsp3) is 0.909. The molecule has 14 heavy (non-hydrogen) atoms. The van der Waals surface area contributed by atoms with Crippen LogP contribution in [0, 0.1) is 11.8 Å². The zero-order chi connectivity index (χ0) is 9.97. The van der Waals surface area contributed by atoms with Gasteiger partial charge in [0.05, 0.1) is 6.61 Å². The van der Waals surface area contributed by atoms with E-state index < -0.39 is 0 Å². The van der Waals surface area contributed by atoms with E-state index in [1.165, 1.54) is 25.7 Å². The summed E-state index contributed by atoms with van der Waals surface area (Å²) < 4.78 is 5.18. The monoisotopic (exact) mass is 197 g/mol. The van der Waals surface area contributed by atoms with E-state index in [0.29, 0.717) is 18.4 Å². The van der Waals surface area contributed by atoms with Crippen LogP contribution < -0.4 is 5.73 Å². The lowest BCUT2D eigenvalue weighted by molar-refractivity contribution is -0.147. The van der Waals surface area contributed by atoms with Crippen molar-refractivity contribution in [3.63, 3.8) is 0 Å². The fourth-order valence-electron chi connectivity index (χ4n) is 2.09. The number of carbonyl (C=O) groups is 1. The summed E-state index contributed by atoms with van der Waals surface area (Å²) in [6, 6.07) is -0.365. The molecule has 80 valence electrons. The normalized spacial score (nSPS) is 24.9. The van der Waals surface area contributed by atoms with Crippen molar-refractivity contribution in [2.45, 2.75) is 44.6 Å². The van der Waals surface area contributed by atoms with Crippen molar-refractivity contribution in [1.29, 1.82) is 0 Å². The van der Waals surface area contributed by atoms with Crippen LogP contribution in [0.5, 0.6) is 0 Å². The summed E-state index contributed by atoms with van der Waals surface area (Å²) in [4.78, 5) is 11.5. The van der Waals surface area contributed by atoms with Gasteiger partial charge in [0, 0.05) is 0 Å². The highest BCUT2D eigenvalue weighted by molar-refractivity contribution is 5.75. The molecule has 0 spiro atoms. The highest BCUT2D eigenvalue weighted by Gasteiger charge is 2.30. The molecule has 2 aliphatic carbocycles. The first-order chi connectivity index (χ1) is 6.77. The van der Waals surface area contributed by atoms with Crippen molar-refractivity contribution in [3.05, 3.63) is 0 Å². The molecule has 2 rings (SSSR count). The summed E-state index contributed by atoms with van der Waals surface area (Å²) >= 11 is 0. The molecular weight excluding hydrogens is 178 g/mol. The summed E-state index contributed by atoms with van der Waals surface area (Å²) in [5, 5.41) is 0. The maximum absolute atomic E-state index is 11.5. The van der Waals surface area contributed by atoms with Gasteiger partial charge >= 0.3 is 5.97 Å². The Morgan fingerprint density at radius 2 is 1.93 bits per heavy atom. The Bertz CT molecular complexity index is 207. The average molecular weight is 197 g/mol. The predicted molar refractivity (Wildman–Crippen MR) is 53.6 cm³/mol. The van der Waals surface area contributed by atoms with E-state index in [1.807, 2.05) is 0 Å². The zero-order valence-corrected chi connectivity index (χ0v) is 8.58. The summed E-state index contributed by atoms with van der Waals surface area (Å²) in [7, 11) is 0. The summed E-state index contributed by atoms with van der Waals surface area (Å²) in [6.07, 6.45) is 7.06. The Kier molecular flexibility index (Phi) is 3.06. The van der Waals surface area contributed by atoms with Crippen LogP contribution in [0.3, 0.4) is 0 Å². The first kappa shape index (κ1) is 9.97. The van der Waals surface area contributed by atoms with E-state index >= 15 is 0 Å². The smallest absolute Gasteiger partial charge is 0.323 e. The van der Waals surface area contributed by atoms with Crippen LogP contribution in [-0.2, 0) is 9.53 Å². The third kappa shape index (κ3) is 2.47. The second kappa shape index (κ2) is 4.30. The van der Waals surface area contributed by atoms with Crippen molar-refractivity contribution in [2.24, 2.45) is 17.6 Å². The van der Waals surface area contributed by atoms with Crippen molar-refractivity contribution in [3.8, 4) is 0 Å². The van der Waals surface area contributed by atoms with Crippen molar-refractivity contribution >= 4 is 5.97 Å². The van der Waals surface area contributed by atoms with Crippen LogP contribution in [0.1, 0.15) is 38.5 Å². The van der Waals surface area contributed by atoms with Crippen LogP contribution in [0.2, 0.25) is 0 Å². The lowest BCUT2D eigenvalue weighted by atomic mass is 9.99. The summed E-state index contributed by atoms with van der Waals surface area (Å²) in [5.41, 5.74) is 5.85. The van der Waals surface area contributed by atoms with Crippen LogP contribution in [0.15, 0.2) is 0 Å². The first-order valence-electron chi connectivity index (χ1n) is 5.69. The highest BCUT2D eigenvalue weighted by atomic mass is 16.5. The second-order valence-electron chi connectivity index (χ2n) is 4.64. The molecule has 0 aliphatic heterocycles. The maximum Gasteiger partial charge on any atom is 0.323 e. The average Bonchev–Trinajstić information content (AvgIpc) is 2.86. The van der Waals surface area contributed by atoms with Gasteiger partial charge in [0.25, 0.3) is 0 Å². The van der Waals surface area contributed by atoms with E-state index in [4.69, 9.17) is 10.5 Å². The van der Waals surface area contributed by atoms with Gasteiger partial charge in [-0.25, -0.2) is 0 Å². The molecule has 3 nitrogen and oxygen atoms in total. The molecule has 3 heteroatoms. The summed E-state index contributed by atoms with van der Waals surface area (Å²) in [5.74, 6) is 0.834. The number of nitrogens with two attached hydrogens (primary N) is 1. The number of ether oxygens (including phenoxy) is 1. The Hall–Kier alpha value is -0.570. The van der Waals surface area contributed by atoms with Gasteiger partial charge in [-0.1, -0.05) is 12.8 Å². The second-order valence-corrected chi connectivity index (χ2v) is 4.64. The molecule has 2 N–H and O–H groups in total. The lowest BCUT2D eigenvalue weighted by Gasteiger charge is -2.17.